The molecule has 0 saturated carbocycles. The number of aryl methyl sites for hydroxylation is 2. The minimum atomic E-state index is -0.119. The highest BCUT2D eigenvalue weighted by atomic mass is 19.1. The van der Waals surface area contributed by atoms with E-state index in [4.69, 9.17) is 0 Å². The van der Waals surface area contributed by atoms with Crippen LogP contribution >= 0.6 is 0 Å². The molecule has 0 spiro atoms. The minimum absolute atomic E-state index is 0.119. The van der Waals surface area contributed by atoms with Crippen molar-refractivity contribution in [1.82, 2.24) is 4.57 Å². The fourth-order valence-corrected chi connectivity index (χ4v) is 1.75. The Morgan fingerprint density at radius 2 is 1.94 bits per heavy atom. The van der Waals surface area contributed by atoms with Gasteiger partial charge in [0.2, 0.25) is 0 Å². The molecule has 0 unspecified atom stereocenters. The van der Waals surface area contributed by atoms with Crippen molar-refractivity contribution < 1.29 is 4.39 Å². The molecule has 0 aliphatic rings. The summed E-state index contributed by atoms with van der Waals surface area (Å²) in [6.45, 7) is 8.94. The first kappa shape index (κ1) is 12.8. The molecule has 0 fully saturated rings. The fourth-order valence-electron chi connectivity index (χ4n) is 1.75. The Hall–Kier alpha value is -1.31. The molecule has 0 amide bonds. The highest BCUT2D eigenvalue weighted by Gasteiger charge is 2.04. The quantitative estimate of drug-likeness (QED) is 0.702. The van der Waals surface area contributed by atoms with Crippen LogP contribution in [0.25, 0.3) is 10.9 Å². The number of hydrogen-bond donors (Lipinski definition) is 0. The van der Waals surface area contributed by atoms with Gasteiger partial charge in [0, 0.05) is 23.6 Å². The van der Waals surface area contributed by atoms with E-state index < -0.39 is 0 Å². The summed E-state index contributed by atoms with van der Waals surface area (Å²) >= 11 is 0. The zero-order valence-corrected chi connectivity index (χ0v) is 10.5. The number of benzene rings is 1. The van der Waals surface area contributed by atoms with Crippen molar-refractivity contribution in [3.05, 3.63) is 35.8 Å². The van der Waals surface area contributed by atoms with E-state index in [0.29, 0.717) is 5.56 Å². The number of fused-ring (bicyclic) bond motifs is 1. The number of rotatable bonds is 2. The predicted octanol–water partition coefficient (Wildman–Crippen LogP) is 4.53. The molecule has 2 heteroatoms. The normalized spacial score (nSPS) is 10.1. The van der Waals surface area contributed by atoms with E-state index in [0.717, 1.165) is 23.9 Å². The van der Waals surface area contributed by atoms with E-state index >= 15 is 0 Å². The van der Waals surface area contributed by atoms with Gasteiger partial charge in [-0.15, -0.1) is 0 Å². The van der Waals surface area contributed by atoms with E-state index in [9.17, 15) is 4.39 Å². The Balaban J connectivity index is 0.000000606. The maximum absolute atomic E-state index is 13.2. The van der Waals surface area contributed by atoms with Crippen molar-refractivity contribution >= 4 is 10.9 Å². The Morgan fingerprint density at radius 1 is 1.25 bits per heavy atom. The van der Waals surface area contributed by atoms with Crippen molar-refractivity contribution in [3.63, 3.8) is 0 Å². The molecule has 0 radical (unpaired) electrons. The topological polar surface area (TPSA) is 4.93 Å². The summed E-state index contributed by atoms with van der Waals surface area (Å²) in [6, 6.07) is 5.49. The van der Waals surface area contributed by atoms with Gasteiger partial charge in [0.15, 0.2) is 0 Å². The summed E-state index contributed by atoms with van der Waals surface area (Å²) in [5.74, 6) is -0.119. The molecule has 0 atom stereocenters. The van der Waals surface area contributed by atoms with Gasteiger partial charge in [-0.05, 0) is 37.1 Å². The second kappa shape index (κ2) is 5.69. The first-order valence-corrected chi connectivity index (χ1v) is 5.97. The van der Waals surface area contributed by atoms with Crippen LogP contribution in [-0.2, 0) is 6.54 Å². The van der Waals surface area contributed by atoms with Gasteiger partial charge in [-0.1, -0.05) is 20.8 Å². The minimum Gasteiger partial charge on any atom is -0.347 e. The maximum atomic E-state index is 13.2. The zero-order chi connectivity index (χ0) is 12.1. The van der Waals surface area contributed by atoms with Crippen molar-refractivity contribution in [2.24, 2.45) is 0 Å². The van der Waals surface area contributed by atoms with Crippen LogP contribution in [0.1, 0.15) is 32.8 Å². The SMILES string of the molecule is CC.CCCn1ccc2cc(F)c(C)cc21. The average molecular weight is 221 g/mol. The van der Waals surface area contributed by atoms with Crippen LogP contribution in [0.5, 0.6) is 0 Å². The molecule has 1 aromatic heterocycles. The monoisotopic (exact) mass is 221 g/mol. The van der Waals surface area contributed by atoms with Crippen molar-refractivity contribution in [2.45, 2.75) is 40.7 Å². The van der Waals surface area contributed by atoms with Crippen molar-refractivity contribution in [1.29, 1.82) is 0 Å². The zero-order valence-electron chi connectivity index (χ0n) is 10.5. The first-order chi connectivity index (χ1) is 7.72. The summed E-state index contributed by atoms with van der Waals surface area (Å²) in [7, 11) is 0. The number of aromatic nitrogens is 1. The first-order valence-electron chi connectivity index (χ1n) is 5.97. The van der Waals surface area contributed by atoms with E-state index in [-0.39, 0.29) is 5.82 Å². The third kappa shape index (κ3) is 2.43. The van der Waals surface area contributed by atoms with Crippen molar-refractivity contribution in [3.8, 4) is 0 Å². The van der Waals surface area contributed by atoms with E-state index in [1.807, 2.05) is 32.2 Å². The summed E-state index contributed by atoms with van der Waals surface area (Å²) in [5, 5.41) is 0.988. The van der Waals surface area contributed by atoms with Gasteiger partial charge in [0.25, 0.3) is 0 Å². The third-order valence-electron chi connectivity index (χ3n) is 2.52. The van der Waals surface area contributed by atoms with E-state index in [1.165, 1.54) is 0 Å². The van der Waals surface area contributed by atoms with Crippen LogP contribution in [0.2, 0.25) is 0 Å². The van der Waals surface area contributed by atoms with Crippen LogP contribution < -0.4 is 0 Å². The third-order valence-corrected chi connectivity index (χ3v) is 2.52. The maximum Gasteiger partial charge on any atom is 0.126 e. The van der Waals surface area contributed by atoms with Gasteiger partial charge in [-0.2, -0.15) is 0 Å². The molecular formula is C14H20FN. The largest absolute Gasteiger partial charge is 0.347 e. The number of hydrogen-bond acceptors (Lipinski definition) is 0. The lowest BCUT2D eigenvalue weighted by Gasteiger charge is -2.03. The lowest BCUT2D eigenvalue weighted by Crippen LogP contribution is -1.94. The van der Waals surface area contributed by atoms with Gasteiger partial charge < -0.3 is 4.57 Å². The van der Waals surface area contributed by atoms with Crippen molar-refractivity contribution in [2.75, 3.05) is 0 Å². The van der Waals surface area contributed by atoms with Crippen LogP contribution in [0.4, 0.5) is 4.39 Å². The lowest BCUT2D eigenvalue weighted by molar-refractivity contribution is 0.620. The molecule has 1 aromatic carbocycles. The van der Waals surface area contributed by atoms with Gasteiger partial charge >= 0.3 is 0 Å². The highest BCUT2D eigenvalue weighted by molar-refractivity contribution is 5.80. The lowest BCUT2D eigenvalue weighted by atomic mass is 10.2. The molecule has 88 valence electrons. The predicted molar refractivity (Wildman–Crippen MR) is 68.3 cm³/mol. The van der Waals surface area contributed by atoms with Gasteiger partial charge in [-0.25, -0.2) is 4.39 Å². The molecule has 0 aliphatic heterocycles. The molecule has 2 aromatic rings. The van der Waals surface area contributed by atoms with Crippen LogP contribution in [-0.4, -0.2) is 4.57 Å². The molecule has 0 N–H and O–H groups in total. The molecular weight excluding hydrogens is 201 g/mol. The molecule has 16 heavy (non-hydrogen) atoms. The number of halogens is 1. The van der Waals surface area contributed by atoms with E-state index in [2.05, 4.69) is 11.5 Å². The summed E-state index contributed by atoms with van der Waals surface area (Å²) in [5.41, 5.74) is 1.85. The summed E-state index contributed by atoms with van der Waals surface area (Å²) in [6.07, 6.45) is 3.12. The molecule has 2 rings (SSSR count). The second-order valence-electron chi connectivity index (χ2n) is 3.67. The second-order valence-corrected chi connectivity index (χ2v) is 3.67. The van der Waals surface area contributed by atoms with Crippen LogP contribution in [0.15, 0.2) is 24.4 Å². The number of nitrogens with zero attached hydrogens (tertiary/aromatic N) is 1. The Labute approximate surface area is 96.9 Å². The molecule has 0 bridgehead atoms. The van der Waals surface area contributed by atoms with E-state index in [1.54, 1.807) is 13.0 Å². The Bertz CT molecular complexity index is 457. The van der Waals surface area contributed by atoms with Crippen LogP contribution in [0, 0.1) is 12.7 Å². The summed E-state index contributed by atoms with van der Waals surface area (Å²) in [4.78, 5) is 0. The smallest absolute Gasteiger partial charge is 0.126 e. The highest BCUT2D eigenvalue weighted by Crippen LogP contribution is 2.20. The fraction of sp³-hybridized carbons (Fsp3) is 0.429. The molecule has 1 heterocycles. The Morgan fingerprint density at radius 3 is 2.56 bits per heavy atom. The average Bonchev–Trinajstić information content (AvgIpc) is 2.66. The van der Waals surface area contributed by atoms with Gasteiger partial charge in [0.05, 0.1) is 0 Å². The standard InChI is InChI=1S/C12H14FN.C2H6/c1-3-5-14-6-4-10-8-11(13)9(2)7-12(10)14;1-2/h4,6-8H,3,5H2,1-2H3;1-2H3. The van der Waals surface area contributed by atoms with Crippen LogP contribution in [0.3, 0.4) is 0 Å². The molecule has 0 saturated heterocycles. The Kier molecular flexibility index (Phi) is 4.53. The summed E-state index contributed by atoms with van der Waals surface area (Å²) < 4.78 is 15.4. The molecule has 1 nitrogen and oxygen atoms in total. The molecule has 0 aliphatic carbocycles. The van der Waals surface area contributed by atoms with Gasteiger partial charge in [-0.3, -0.25) is 0 Å². The van der Waals surface area contributed by atoms with Gasteiger partial charge in [0.1, 0.15) is 5.82 Å².